The smallest absolute Gasteiger partial charge is 0.0113 e. The van der Waals surface area contributed by atoms with E-state index in [-0.39, 0.29) is 0 Å². The molecule has 0 aliphatic rings. The lowest BCUT2D eigenvalue weighted by Gasteiger charge is -2.00. The Hall–Kier alpha value is -0.410. The van der Waals surface area contributed by atoms with Crippen LogP contribution in [0.4, 0.5) is 0 Å². The van der Waals surface area contributed by atoms with Gasteiger partial charge in [0.15, 0.2) is 0 Å². The summed E-state index contributed by atoms with van der Waals surface area (Å²) in [5.41, 5.74) is 0. The van der Waals surface area contributed by atoms with Crippen LogP contribution in [-0.4, -0.2) is 19.3 Å². The molecule has 0 rings (SSSR count). The molecule has 0 aromatic heterocycles. The third kappa shape index (κ3) is 13.6. The van der Waals surface area contributed by atoms with E-state index in [1.54, 1.807) is 0 Å². The van der Waals surface area contributed by atoms with Crippen LogP contribution in [0.5, 0.6) is 0 Å². The van der Waals surface area contributed by atoms with Crippen molar-refractivity contribution in [1.82, 2.24) is 10.0 Å². The summed E-state index contributed by atoms with van der Waals surface area (Å²) in [7, 11) is 1.92. The summed E-state index contributed by atoms with van der Waals surface area (Å²) in [5.74, 6) is 1.94. The molecule has 0 aliphatic heterocycles. The van der Waals surface area contributed by atoms with E-state index < -0.39 is 0 Å². The van der Waals surface area contributed by atoms with E-state index in [4.69, 9.17) is 0 Å². The van der Waals surface area contributed by atoms with Crippen molar-refractivity contribution in [2.75, 3.05) is 19.3 Å². The Morgan fingerprint density at radius 1 is 1.12 bits per heavy atom. The van der Waals surface area contributed by atoms with Crippen LogP contribution in [0.1, 0.15) is 33.1 Å². The average molecular weight is 242 g/mol. The molecule has 94 valence electrons. The first-order chi connectivity index (χ1) is 7.77. The zero-order valence-electron chi connectivity index (χ0n) is 10.8. The minimum atomic E-state index is 0.779. The summed E-state index contributed by atoms with van der Waals surface area (Å²) >= 11 is 1.81. The lowest BCUT2D eigenvalue weighted by Crippen LogP contribution is -2.05. The molecule has 0 saturated heterocycles. The van der Waals surface area contributed by atoms with E-state index in [1.165, 1.54) is 6.42 Å². The second-order valence-corrected chi connectivity index (χ2v) is 5.10. The van der Waals surface area contributed by atoms with Crippen molar-refractivity contribution in [2.45, 2.75) is 33.1 Å². The summed E-state index contributed by atoms with van der Waals surface area (Å²) in [6.45, 7) is 5.54. The van der Waals surface area contributed by atoms with Gasteiger partial charge in [0, 0.05) is 19.3 Å². The molecule has 16 heavy (non-hydrogen) atoms. The molecule has 0 radical (unpaired) electrons. The van der Waals surface area contributed by atoms with Crippen LogP contribution in [0.25, 0.3) is 0 Å². The van der Waals surface area contributed by atoms with Crippen molar-refractivity contribution >= 4 is 11.9 Å². The number of hydrogen-bond acceptors (Lipinski definition) is 3. The third-order valence-electron chi connectivity index (χ3n) is 1.96. The van der Waals surface area contributed by atoms with E-state index in [0.717, 1.165) is 31.1 Å². The first-order valence-electron chi connectivity index (χ1n) is 6.09. The topological polar surface area (TPSA) is 24.1 Å². The van der Waals surface area contributed by atoms with Crippen molar-refractivity contribution in [2.24, 2.45) is 5.92 Å². The molecule has 2 N–H and O–H groups in total. The first kappa shape index (κ1) is 15.6. The van der Waals surface area contributed by atoms with Gasteiger partial charge in [0.1, 0.15) is 0 Å². The second-order valence-electron chi connectivity index (χ2n) is 4.11. The molecule has 0 saturated carbocycles. The van der Waals surface area contributed by atoms with Crippen LogP contribution in [0, 0.1) is 5.92 Å². The molecule has 0 atom stereocenters. The maximum absolute atomic E-state index is 3.35. The quantitative estimate of drug-likeness (QED) is 0.349. The molecule has 0 heterocycles. The number of rotatable bonds is 10. The van der Waals surface area contributed by atoms with Gasteiger partial charge in [-0.05, 0) is 31.4 Å². The lowest BCUT2D eigenvalue weighted by atomic mass is 10.1. The molecule has 2 nitrogen and oxygen atoms in total. The highest BCUT2D eigenvalue weighted by molar-refractivity contribution is 7.97. The Morgan fingerprint density at radius 2 is 1.94 bits per heavy atom. The zero-order chi connectivity index (χ0) is 12.1. The Labute approximate surface area is 105 Å². The predicted molar refractivity (Wildman–Crippen MR) is 76.5 cm³/mol. The molecule has 0 aromatic carbocycles. The van der Waals surface area contributed by atoms with Crippen LogP contribution < -0.4 is 10.0 Å². The highest BCUT2D eigenvalue weighted by Crippen LogP contribution is 2.02. The molecule has 0 bridgehead atoms. The second kappa shape index (κ2) is 12.7. The van der Waals surface area contributed by atoms with Gasteiger partial charge < -0.3 is 5.32 Å². The molecule has 0 spiro atoms. The summed E-state index contributed by atoms with van der Waals surface area (Å²) in [5, 5.41) is 2.98. The molecular weight excluding hydrogens is 216 g/mol. The molecule has 0 fully saturated rings. The van der Waals surface area contributed by atoms with Crippen molar-refractivity contribution in [1.29, 1.82) is 0 Å². The zero-order valence-corrected chi connectivity index (χ0v) is 11.6. The Kier molecular flexibility index (Phi) is 12.3. The molecular formula is C13H26N2S. The highest BCUT2D eigenvalue weighted by Gasteiger charge is 1.88. The van der Waals surface area contributed by atoms with E-state index in [1.807, 2.05) is 25.2 Å². The normalized spacial score (nSPS) is 12.0. The Balaban J connectivity index is 3.09. The van der Waals surface area contributed by atoms with Gasteiger partial charge in [0.2, 0.25) is 0 Å². The predicted octanol–water partition coefficient (Wildman–Crippen LogP) is 3.34. The van der Waals surface area contributed by atoms with Crippen LogP contribution in [0.15, 0.2) is 24.4 Å². The Morgan fingerprint density at radius 3 is 2.62 bits per heavy atom. The number of nitrogens with one attached hydrogen (secondary N) is 2. The van der Waals surface area contributed by atoms with E-state index in [9.17, 15) is 0 Å². The van der Waals surface area contributed by atoms with Crippen LogP contribution in [-0.2, 0) is 0 Å². The third-order valence-corrected chi connectivity index (χ3v) is 2.81. The maximum Gasteiger partial charge on any atom is 0.0113 e. The molecule has 0 aromatic rings. The minimum Gasteiger partial charge on any atom is -0.394 e. The van der Waals surface area contributed by atoms with E-state index in [0.29, 0.717) is 0 Å². The van der Waals surface area contributed by atoms with Gasteiger partial charge in [-0.25, -0.2) is 0 Å². The number of hydrogen-bond donors (Lipinski definition) is 2. The van der Waals surface area contributed by atoms with Crippen molar-refractivity contribution in [3.8, 4) is 0 Å². The van der Waals surface area contributed by atoms with Crippen LogP contribution in [0.3, 0.4) is 0 Å². The number of allylic oxidation sites excluding steroid dienone is 2. The fourth-order valence-corrected chi connectivity index (χ4v) is 1.76. The highest BCUT2D eigenvalue weighted by atomic mass is 32.2. The van der Waals surface area contributed by atoms with Crippen molar-refractivity contribution in [3.63, 3.8) is 0 Å². The monoisotopic (exact) mass is 242 g/mol. The lowest BCUT2D eigenvalue weighted by molar-refractivity contribution is 0.662. The van der Waals surface area contributed by atoms with Gasteiger partial charge in [-0.1, -0.05) is 44.0 Å². The van der Waals surface area contributed by atoms with E-state index >= 15 is 0 Å². The molecule has 0 unspecified atom stereocenters. The van der Waals surface area contributed by atoms with Gasteiger partial charge in [0.25, 0.3) is 0 Å². The Bertz CT molecular complexity index is 188. The fraction of sp³-hybridized carbons (Fsp3) is 0.692. The van der Waals surface area contributed by atoms with Gasteiger partial charge in [0.05, 0.1) is 0 Å². The van der Waals surface area contributed by atoms with Crippen molar-refractivity contribution in [3.05, 3.63) is 24.4 Å². The standard InChI is InChI=1S/C13H26N2S/c1-13(2)9-5-4-8-12-16-15-11-7-6-10-14-3/h4-6,10,13-15H,7-9,11-12H2,1-3H3/b5-4-,10-6-. The van der Waals surface area contributed by atoms with Gasteiger partial charge >= 0.3 is 0 Å². The molecule has 3 heteroatoms. The van der Waals surface area contributed by atoms with Gasteiger partial charge in [-0.3, -0.25) is 4.72 Å². The van der Waals surface area contributed by atoms with Crippen LogP contribution in [0.2, 0.25) is 0 Å². The SMILES string of the molecule is CN/C=C\CCNSCC/C=C\CC(C)C. The summed E-state index contributed by atoms with van der Waals surface area (Å²) in [6.07, 6.45) is 12.1. The average Bonchev–Trinajstić information content (AvgIpc) is 2.25. The summed E-state index contributed by atoms with van der Waals surface area (Å²) in [4.78, 5) is 0. The first-order valence-corrected chi connectivity index (χ1v) is 7.07. The van der Waals surface area contributed by atoms with E-state index in [2.05, 4.69) is 42.1 Å². The van der Waals surface area contributed by atoms with Crippen molar-refractivity contribution < 1.29 is 0 Å². The minimum absolute atomic E-state index is 0.779. The maximum atomic E-state index is 3.35. The summed E-state index contributed by atoms with van der Waals surface area (Å²) in [6, 6.07) is 0. The van der Waals surface area contributed by atoms with Gasteiger partial charge in [-0.2, -0.15) is 0 Å². The fourth-order valence-electron chi connectivity index (χ4n) is 1.10. The molecule has 0 amide bonds. The molecule has 0 aliphatic carbocycles. The summed E-state index contributed by atoms with van der Waals surface area (Å²) < 4.78 is 3.35. The van der Waals surface area contributed by atoms with Gasteiger partial charge in [-0.15, -0.1) is 0 Å². The van der Waals surface area contributed by atoms with Crippen LogP contribution >= 0.6 is 11.9 Å². The largest absolute Gasteiger partial charge is 0.394 e.